The van der Waals surface area contributed by atoms with E-state index in [1.165, 1.54) is 6.07 Å². The fraction of sp³-hybridized carbons (Fsp3) is 0.300. The van der Waals surface area contributed by atoms with Crippen LogP contribution in [0.5, 0.6) is 11.5 Å². The molecule has 4 heteroatoms. The third kappa shape index (κ3) is 1.70. The molecule has 74 valence electrons. The monoisotopic (exact) mass is 209 g/mol. The van der Waals surface area contributed by atoms with Gasteiger partial charge in [0.05, 0.1) is 6.04 Å². The first-order valence-corrected chi connectivity index (χ1v) is 5.38. The SMILES string of the molecule is CC1CSC(c2ccc(O)cc2O)=N1. The fourth-order valence-electron chi connectivity index (χ4n) is 1.32. The molecule has 0 saturated carbocycles. The molecule has 1 aromatic carbocycles. The number of rotatable bonds is 1. The van der Waals surface area contributed by atoms with Crippen LogP contribution in [-0.4, -0.2) is 27.1 Å². The second-order valence-corrected chi connectivity index (χ2v) is 4.30. The van der Waals surface area contributed by atoms with Crippen molar-refractivity contribution in [3.63, 3.8) is 0 Å². The first kappa shape index (κ1) is 9.40. The average Bonchev–Trinajstić information content (AvgIpc) is 2.51. The van der Waals surface area contributed by atoms with Crippen LogP contribution in [0.3, 0.4) is 0 Å². The van der Waals surface area contributed by atoms with Gasteiger partial charge in [-0.2, -0.15) is 0 Å². The molecule has 1 atom stereocenters. The molecular formula is C10H11NO2S. The topological polar surface area (TPSA) is 52.8 Å². The molecular weight excluding hydrogens is 198 g/mol. The zero-order valence-electron chi connectivity index (χ0n) is 7.77. The van der Waals surface area contributed by atoms with Crippen molar-refractivity contribution in [2.45, 2.75) is 13.0 Å². The highest BCUT2D eigenvalue weighted by Gasteiger charge is 2.18. The van der Waals surface area contributed by atoms with Gasteiger partial charge in [0.15, 0.2) is 0 Å². The van der Waals surface area contributed by atoms with Crippen LogP contribution < -0.4 is 0 Å². The van der Waals surface area contributed by atoms with Crippen LogP contribution >= 0.6 is 11.8 Å². The standard InChI is InChI=1S/C10H11NO2S/c1-6-5-14-10(11-6)8-3-2-7(12)4-9(8)13/h2-4,6,12-13H,5H2,1H3. The smallest absolute Gasteiger partial charge is 0.129 e. The van der Waals surface area contributed by atoms with Crippen LogP contribution in [-0.2, 0) is 0 Å². The summed E-state index contributed by atoms with van der Waals surface area (Å²) in [7, 11) is 0. The number of aliphatic imine (C=N–C) groups is 1. The van der Waals surface area contributed by atoms with E-state index in [9.17, 15) is 5.11 Å². The van der Waals surface area contributed by atoms with E-state index in [0.717, 1.165) is 10.8 Å². The van der Waals surface area contributed by atoms with E-state index in [1.54, 1.807) is 23.9 Å². The summed E-state index contributed by atoms with van der Waals surface area (Å²) in [6, 6.07) is 4.89. The number of benzene rings is 1. The van der Waals surface area contributed by atoms with Crippen molar-refractivity contribution < 1.29 is 10.2 Å². The maximum Gasteiger partial charge on any atom is 0.129 e. The summed E-state index contributed by atoms with van der Waals surface area (Å²) < 4.78 is 0. The molecule has 1 unspecified atom stereocenters. The van der Waals surface area contributed by atoms with Gasteiger partial charge in [0, 0.05) is 17.4 Å². The lowest BCUT2D eigenvalue weighted by atomic mass is 10.2. The lowest BCUT2D eigenvalue weighted by Gasteiger charge is -2.03. The van der Waals surface area contributed by atoms with E-state index in [-0.39, 0.29) is 11.5 Å². The van der Waals surface area contributed by atoms with Crippen molar-refractivity contribution in [2.24, 2.45) is 4.99 Å². The molecule has 1 aliphatic rings. The number of hydrogen-bond donors (Lipinski definition) is 2. The fourth-order valence-corrected chi connectivity index (χ4v) is 2.38. The summed E-state index contributed by atoms with van der Waals surface area (Å²) in [5.74, 6) is 1.11. The van der Waals surface area contributed by atoms with Crippen LogP contribution in [0.2, 0.25) is 0 Å². The first-order valence-electron chi connectivity index (χ1n) is 4.40. The third-order valence-electron chi connectivity index (χ3n) is 2.01. The summed E-state index contributed by atoms with van der Waals surface area (Å²) in [5.41, 5.74) is 0.706. The number of thioether (sulfide) groups is 1. The average molecular weight is 209 g/mol. The van der Waals surface area contributed by atoms with Gasteiger partial charge in [-0.05, 0) is 19.1 Å². The first-order chi connectivity index (χ1) is 6.66. The summed E-state index contributed by atoms with van der Waals surface area (Å²) in [6.45, 7) is 2.04. The Morgan fingerprint density at radius 2 is 2.21 bits per heavy atom. The van der Waals surface area contributed by atoms with Gasteiger partial charge in [-0.1, -0.05) is 0 Å². The van der Waals surface area contributed by atoms with Crippen LogP contribution in [0.1, 0.15) is 12.5 Å². The number of aromatic hydroxyl groups is 2. The molecule has 0 fully saturated rings. The lowest BCUT2D eigenvalue weighted by molar-refractivity contribution is 0.450. The van der Waals surface area contributed by atoms with Crippen LogP contribution in [0.15, 0.2) is 23.2 Å². The molecule has 0 saturated heterocycles. The molecule has 2 rings (SSSR count). The highest BCUT2D eigenvalue weighted by Crippen LogP contribution is 2.30. The van der Waals surface area contributed by atoms with E-state index < -0.39 is 0 Å². The Hall–Kier alpha value is -1.16. The van der Waals surface area contributed by atoms with Gasteiger partial charge in [0.2, 0.25) is 0 Å². The molecule has 0 spiro atoms. The lowest BCUT2D eigenvalue weighted by Crippen LogP contribution is -1.93. The molecule has 1 heterocycles. The van der Waals surface area contributed by atoms with Crippen molar-refractivity contribution in [3.8, 4) is 11.5 Å². The van der Waals surface area contributed by atoms with Gasteiger partial charge in [-0.25, -0.2) is 0 Å². The molecule has 0 aromatic heterocycles. The molecule has 1 aromatic rings. The van der Waals surface area contributed by atoms with Crippen LogP contribution in [0, 0.1) is 0 Å². The highest BCUT2D eigenvalue weighted by molar-refractivity contribution is 8.14. The van der Waals surface area contributed by atoms with E-state index in [4.69, 9.17) is 5.11 Å². The van der Waals surface area contributed by atoms with Crippen LogP contribution in [0.25, 0.3) is 0 Å². The van der Waals surface area contributed by atoms with Gasteiger partial charge >= 0.3 is 0 Å². The molecule has 2 N–H and O–H groups in total. The van der Waals surface area contributed by atoms with Gasteiger partial charge in [-0.15, -0.1) is 11.8 Å². The minimum atomic E-state index is 0.0721. The van der Waals surface area contributed by atoms with E-state index >= 15 is 0 Å². The predicted molar refractivity (Wildman–Crippen MR) is 58.2 cm³/mol. The minimum Gasteiger partial charge on any atom is -0.508 e. The summed E-state index contributed by atoms with van der Waals surface area (Å²) in [5, 5.41) is 19.6. The Bertz CT molecular complexity index is 390. The van der Waals surface area contributed by atoms with E-state index in [2.05, 4.69) is 4.99 Å². The Labute approximate surface area is 86.5 Å². The third-order valence-corrected chi connectivity index (χ3v) is 3.26. The summed E-state index contributed by atoms with van der Waals surface area (Å²) >= 11 is 1.63. The maximum absolute atomic E-state index is 9.58. The zero-order chi connectivity index (χ0) is 10.1. The molecule has 14 heavy (non-hydrogen) atoms. The molecule has 1 aliphatic heterocycles. The quantitative estimate of drug-likeness (QED) is 0.743. The second-order valence-electron chi connectivity index (χ2n) is 3.30. The molecule has 0 aliphatic carbocycles. The largest absolute Gasteiger partial charge is 0.508 e. The number of hydrogen-bond acceptors (Lipinski definition) is 4. The number of phenolic OH excluding ortho intramolecular Hbond substituents is 2. The Morgan fingerprint density at radius 1 is 1.43 bits per heavy atom. The minimum absolute atomic E-state index is 0.0721. The molecule has 0 amide bonds. The predicted octanol–water partition coefficient (Wildman–Crippen LogP) is 1.98. The zero-order valence-corrected chi connectivity index (χ0v) is 8.58. The van der Waals surface area contributed by atoms with E-state index in [1.807, 2.05) is 6.92 Å². The maximum atomic E-state index is 9.58. The highest BCUT2D eigenvalue weighted by atomic mass is 32.2. The van der Waals surface area contributed by atoms with Crippen molar-refractivity contribution >= 4 is 16.8 Å². The summed E-state index contributed by atoms with van der Waals surface area (Å²) in [6.07, 6.45) is 0. The number of nitrogens with zero attached hydrogens (tertiary/aromatic N) is 1. The number of phenols is 2. The van der Waals surface area contributed by atoms with Crippen molar-refractivity contribution in [2.75, 3.05) is 5.75 Å². The molecule has 0 bridgehead atoms. The summed E-state index contributed by atoms with van der Waals surface area (Å²) in [4.78, 5) is 4.39. The van der Waals surface area contributed by atoms with Crippen LogP contribution in [0.4, 0.5) is 0 Å². The van der Waals surface area contributed by atoms with Gasteiger partial charge in [0.25, 0.3) is 0 Å². The molecule has 3 nitrogen and oxygen atoms in total. The normalized spacial score (nSPS) is 20.9. The van der Waals surface area contributed by atoms with E-state index in [0.29, 0.717) is 11.6 Å². The van der Waals surface area contributed by atoms with Gasteiger partial charge < -0.3 is 10.2 Å². The van der Waals surface area contributed by atoms with Gasteiger partial charge in [-0.3, -0.25) is 4.99 Å². The Kier molecular flexibility index (Phi) is 2.37. The second kappa shape index (κ2) is 3.53. The van der Waals surface area contributed by atoms with Crippen molar-refractivity contribution in [1.29, 1.82) is 0 Å². The Morgan fingerprint density at radius 3 is 2.79 bits per heavy atom. The van der Waals surface area contributed by atoms with Crippen molar-refractivity contribution in [3.05, 3.63) is 23.8 Å². The molecule has 0 radical (unpaired) electrons. The van der Waals surface area contributed by atoms with Gasteiger partial charge in [0.1, 0.15) is 16.5 Å². The van der Waals surface area contributed by atoms with Crippen molar-refractivity contribution in [1.82, 2.24) is 0 Å². The Balaban J connectivity index is 2.37.